The van der Waals surface area contributed by atoms with Crippen molar-refractivity contribution in [2.24, 2.45) is 0 Å². The van der Waals surface area contributed by atoms with Crippen LogP contribution in [0, 0.1) is 12.3 Å². The molecule has 0 aliphatic heterocycles. The van der Waals surface area contributed by atoms with Gasteiger partial charge < -0.3 is 0 Å². The molecule has 2 aromatic carbocycles. The molecule has 1 N–H and O–H groups in total. The van der Waals surface area contributed by atoms with Crippen LogP contribution in [0.2, 0.25) is 0 Å². The summed E-state index contributed by atoms with van der Waals surface area (Å²) in [6, 6.07) is 13.3. The fraction of sp³-hybridized carbons (Fsp3) is 0.118. The zero-order valence-electron chi connectivity index (χ0n) is 12.6. The van der Waals surface area contributed by atoms with Gasteiger partial charge in [0.15, 0.2) is 0 Å². The minimum atomic E-state index is -3.93. The van der Waals surface area contributed by atoms with Crippen LogP contribution in [-0.4, -0.2) is 18.3 Å². The second-order valence-electron chi connectivity index (χ2n) is 5.05. The van der Waals surface area contributed by atoms with Crippen LogP contribution < -0.4 is 10.3 Å². The first kappa shape index (κ1) is 16.5. The predicted octanol–water partition coefficient (Wildman–Crippen LogP) is 2.44. The Labute approximate surface area is 143 Å². The summed E-state index contributed by atoms with van der Waals surface area (Å²) < 4.78 is 27.5. The molecule has 0 fully saturated rings. The molecule has 3 aromatic rings. The lowest BCUT2D eigenvalue weighted by atomic mass is 10.0. The molecular formula is C17H14N2O3S2. The van der Waals surface area contributed by atoms with Gasteiger partial charge in [0.05, 0.1) is 5.56 Å². The molecule has 0 spiro atoms. The third-order valence-electron chi connectivity index (χ3n) is 3.51. The molecule has 0 radical (unpaired) electrons. The summed E-state index contributed by atoms with van der Waals surface area (Å²) in [5.41, 5.74) is 0.510. The van der Waals surface area contributed by atoms with Crippen molar-refractivity contribution in [3.63, 3.8) is 0 Å². The highest BCUT2D eigenvalue weighted by atomic mass is 32.3. The van der Waals surface area contributed by atoms with Gasteiger partial charge in [-0.15, -0.1) is 15.7 Å². The summed E-state index contributed by atoms with van der Waals surface area (Å²) in [4.78, 5) is 12.6. The molecule has 1 aromatic heterocycles. The van der Waals surface area contributed by atoms with Gasteiger partial charge in [-0.1, -0.05) is 42.5 Å². The predicted molar refractivity (Wildman–Crippen MR) is 97.3 cm³/mol. The van der Waals surface area contributed by atoms with Crippen LogP contribution >= 0.6 is 11.5 Å². The van der Waals surface area contributed by atoms with Crippen LogP contribution in [0.1, 0.15) is 6.42 Å². The number of nitrogens with zero attached hydrogens (tertiary/aromatic N) is 1. The molecule has 122 valence electrons. The van der Waals surface area contributed by atoms with E-state index in [2.05, 4.69) is 10.6 Å². The second-order valence-corrected chi connectivity index (χ2v) is 7.70. The second kappa shape index (κ2) is 6.61. The number of fused-ring (bicyclic) bond motifs is 1. The van der Waals surface area contributed by atoms with Crippen LogP contribution in [-0.2, 0) is 10.2 Å². The van der Waals surface area contributed by atoms with E-state index in [-0.39, 0.29) is 13.0 Å². The Morgan fingerprint density at radius 3 is 2.67 bits per heavy atom. The van der Waals surface area contributed by atoms with Crippen molar-refractivity contribution in [1.82, 2.24) is 8.08 Å². The summed E-state index contributed by atoms with van der Waals surface area (Å²) in [6.07, 6.45) is 5.37. The maximum absolute atomic E-state index is 12.6. The highest BCUT2D eigenvalue weighted by molar-refractivity contribution is 7.89. The maximum atomic E-state index is 12.6. The number of terminal acetylenes is 1. The maximum Gasteiger partial charge on any atom is 0.317 e. The van der Waals surface area contributed by atoms with Crippen molar-refractivity contribution in [2.75, 3.05) is 6.54 Å². The number of rotatable bonds is 5. The molecule has 7 heteroatoms. The summed E-state index contributed by atoms with van der Waals surface area (Å²) >= 11 is 0.847. The lowest BCUT2D eigenvalue weighted by Crippen LogP contribution is -2.34. The van der Waals surface area contributed by atoms with Gasteiger partial charge >= 0.3 is 10.2 Å². The zero-order valence-corrected chi connectivity index (χ0v) is 14.2. The van der Waals surface area contributed by atoms with Crippen LogP contribution in [0.15, 0.2) is 52.6 Å². The lowest BCUT2D eigenvalue weighted by Gasteiger charge is -2.05. The molecule has 0 bridgehead atoms. The molecule has 0 amide bonds. The normalized spacial score (nSPS) is 11.5. The van der Waals surface area contributed by atoms with Crippen molar-refractivity contribution < 1.29 is 8.42 Å². The zero-order chi connectivity index (χ0) is 17.2. The van der Waals surface area contributed by atoms with Crippen molar-refractivity contribution >= 4 is 32.5 Å². The molecule has 0 atom stereocenters. The topological polar surface area (TPSA) is 68.2 Å². The smallest absolute Gasteiger partial charge is 0.267 e. The van der Waals surface area contributed by atoms with E-state index in [4.69, 9.17) is 6.42 Å². The quantitative estimate of drug-likeness (QED) is 0.563. The molecule has 3 rings (SSSR count). The Morgan fingerprint density at radius 1 is 1.12 bits per heavy atom. The Kier molecular flexibility index (Phi) is 4.53. The highest BCUT2D eigenvalue weighted by Gasteiger charge is 2.20. The van der Waals surface area contributed by atoms with Gasteiger partial charge in [-0.3, -0.25) is 4.79 Å². The average Bonchev–Trinajstić information content (AvgIpc) is 2.97. The molecular weight excluding hydrogens is 344 g/mol. The SMILES string of the molecule is C#CCCNS(=O)(=O)n1scc(-c2cccc3ccccc23)c1=O. The van der Waals surface area contributed by atoms with Crippen LogP contribution in [0.4, 0.5) is 0 Å². The third-order valence-corrected chi connectivity index (χ3v) is 6.23. The van der Waals surface area contributed by atoms with E-state index in [1.54, 1.807) is 5.38 Å². The van der Waals surface area contributed by atoms with Gasteiger partial charge in [-0.05, 0) is 27.9 Å². The Bertz CT molecular complexity index is 1080. The highest BCUT2D eigenvalue weighted by Crippen LogP contribution is 2.27. The van der Waals surface area contributed by atoms with E-state index in [1.165, 1.54) is 0 Å². The van der Waals surface area contributed by atoms with Crippen LogP contribution in [0.5, 0.6) is 0 Å². The minimum absolute atomic E-state index is 0.0901. The minimum Gasteiger partial charge on any atom is -0.267 e. The number of nitrogens with one attached hydrogen (secondary N) is 1. The summed E-state index contributed by atoms with van der Waals surface area (Å²) in [6.45, 7) is 0.0901. The van der Waals surface area contributed by atoms with Gasteiger partial charge in [0.2, 0.25) is 0 Å². The van der Waals surface area contributed by atoms with Crippen molar-refractivity contribution in [3.05, 3.63) is 58.2 Å². The monoisotopic (exact) mass is 358 g/mol. The fourth-order valence-electron chi connectivity index (χ4n) is 2.41. The summed E-state index contributed by atoms with van der Waals surface area (Å²) in [5.74, 6) is 2.35. The molecule has 0 aliphatic rings. The van der Waals surface area contributed by atoms with E-state index >= 15 is 0 Å². The number of benzene rings is 2. The first-order chi connectivity index (χ1) is 11.5. The van der Waals surface area contributed by atoms with Crippen LogP contribution in [0.25, 0.3) is 21.9 Å². The van der Waals surface area contributed by atoms with Gasteiger partial charge in [-0.2, -0.15) is 13.1 Å². The number of hydrogen-bond donors (Lipinski definition) is 1. The van der Waals surface area contributed by atoms with Gasteiger partial charge in [0, 0.05) is 18.3 Å². The van der Waals surface area contributed by atoms with Gasteiger partial charge in [0.1, 0.15) is 0 Å². The Morgan fingerprint density at radius 2 is 1.88 bits per heavy atom. The molecule has 0 unspecified atom stereocenters. The van der Waals surface area contributed by atoms with E-state index in [0.717, 1.165) is 25.7 Å². The lowest BCUT2D eigenvalue weighted by molar-refractivity contribution is 0.576. The van der Waals surface area contributed by atoms with Crippen molar-refractivity contribution in [2.45, 2.75) is 6.42 Å². The standard InChI is InChI=1S/C17H14N2O3S2/c1-2-3-11-18-24(21,22)19-17(20)16(12-23-19)15-10-6-8-13-7-4-5-9-14(13)15/h1,4-10,12,18H,3,11H2. The molecule has 5 nitrogen and oxygen atoms in total. The molecule has 1 heterocycles. The molecule has 0 saturated heterocycles. The molecule has 0 aliphatic carbocycles. The van der Waals surface area contributed by atoms with Gasteiger partial charge in [0.25, 0.3) is 5.56 Å². The van der Waals surface area contributed by atoms with Gasteiger partial charge in [-0.25, -0.2) is 0 Å². The largest absolute Gasteiger partial charge is 0.317 e. The Hall–Kier alpha value is -2.40. The van der Waals surface area contributed by atoms with E-state index in [9.17, 15) is 13.2 Å². The molecule has 0 saturated carbocycles. The number of hydrogen-bond acceptors (Lipinski definition) is 4. The van der Waals surface area contributed by atoms with E-state index in [1.807, 2.05) is 42.5 Å². The Balaban J connectivity index is 2.08. The van der Waals surface area contributed by atoms with E-state index < -0.39 is 15.8 Å². The molecule has 24 heavy (non-hydrogen) atoms. The summed E-state index contributed by atoms with van der Waals surface area (Å²) in [7, 11) is -3.93. The first-order valence-corrected chi connectivity index (χ1v) is 9.45. The van der Waals surface area contributed by atoms with Crippen LogP contribution in [0.3, 0.4) is 0 Å². The number of aromatic nitrogens is 1. The van der Waals surface area contributed by atoms with E-state index in [0.29, 0.717) is 11.1 Å². The average molecular weight is 358 g/mol. The van der Waals surface area contributed by atoms with Crippen molar-refractivity contribution in [1.29, 1.82) is 0 Å². The third kappa shape index (κ3) is 2.99. The van der Waals surface area contributed by atoms with Crippen molar-refractivity contribution in [3.8, 4) is 23.5 Å². The summed E-state index contributed by atoms with van der Waals surface area (Å²) in [5, 5.41) is 3.45. The fourth-order valence-corrected chi connectivity index (χ4v) is 4.57. The first-order valence-electron chi connectivity index (χ1n) is 7.17.